The van der Waals surface area contributed by atoms with E-state index in [1.54, 1.807) is 0 Å². The Kier molecular flexibility index (Phi) is 3.99. The maximum atomic E-state index is 5.94. The quantitative estimate of drug-likeness (QED) is 0.782. The van der Waals surface area contributed by atoms with E-state index in [9.17, 15) is 0 Å². The molecule has 0 spiro atoms. The molecular weight excluding hydrogens is 270 g/mol. The zero-order valence-electron chi connectivity index (χ0n) is 13.5. The van der Waals surface area contributed by atoms with Crippen molar-refractivity contribution in [3.63, 3.8) is 0 Å². The molecule has 1 unspecified atom stereocenters. The maximum Gasteiger partial charge on any atom is 0.124 e. The van der Waals surface area contributed by atoms with Gasteiger partial charge in [-0.15, -0.1) is 0 Å². The standard InChI is InChI=1S/C19H23N3/c1-13(2)16-9-10-18-17(11-16)21-19(12-20)22(18)14(3)15-7-5-4-6-8-15/h4-11,13-14H,12,20H2,1-3H3. The molecule has 2 aromatic carbocycles. The first-order chi connectivity index (χ1) is 10.6. The molecule has 3 heteroatoms. The van der Waals surface area contributed by atoms with Crippen LogP contribution in [0.2, 0.25) is 0 Å². The van der Waals surface area contributed by atoms with Gasteiger partial charge in [0, 0.05) is 0 Å². The molecule has 2 N–H and O–H groups in total. The van der Waals surface area contributed by atoms with E-state index < -0.39 is 0 Å². The minimum absolute atomic E-state index is 0.217. The van der Waals surface area contributed by atoms with E-state index in [1.165, 1.54) is 11.1 Å². The molecule has 114 valence electrons. The molecule has 0 aliphatic heterocycles. The van der Waals surface area contributed by atoms with E-state index in [4.69, 9.17) is 10.7 Å². The van der Waals surface area contributed by atoms with Crippen LogP contribution in [0.5, 0.6) is 0 Å². The molecule has 1 aromatic heterocycles. The van der Waals surface area contributed by atoms with Crippen LogP contribution in [0.4, 0.5) is 0 Å². The van der Waals surface area contributed by atoms with Gasteiger partial charge >= 0.3 is 0 Å². The summed E-state index contributed by atoms with van der Waals surface area (Å²) in [6.07, 6.45) is 0. The Morgan fingerprint density at radius 1 is 1.00 bits per heavy atom. The van der Waals surface area contributed by atoms with Crippen molar-refractivity contribution in [3.05, 3.63) is 65.5 Å². The Morgan fingerprint density at radius 2 is 1.73 bits per heavy atom. The largest absolute Gasteiger partial charge is 0.324 e. The summed E-state index contributed by atoms with van der Waals surface area (Å²) < 4.78 is 2.26. The summed E-state index contributed by atoms with van der Waals surface area (Å²) >= 11 is 0. The molecule has 22 heavy (non-hydrogen) atoms. The third-order valence-electron chi connectivity index (χ3n) is 4.31. The lowest BCUT2D eigenvalue weighted by Crippen LogP contribution is -2.13. The second-order valence-electron chi connectivity index (χ2n) is 6.09. The van der Waals surface area contributed by atoms with Crippen molar-refractivity contribution in [2.24, 2.45) is 5.73 Å². The number of imidazole rings is 1. The van der Waals surface area contributed by atoms with Gasteiger partial charge in [0.2, 0.25) is 0 Å². The Balaban J connectivity index is 2.15. The van der Waals surface area contributed by atoms with Gasteiger partial charge in [-0.05, 0) is 36.1 Å². The number of nitrogens with zero attached hydrogens (tertiary/aromatic N) is 2. The average Bonchev–Trinajstić information content (AvgIpc) is 2.92. The van der Waals surface area contributed by atoms with Crippen molar-refractivity contribution in [2.45, 2.75) is 39.3 Å². The number of hydrogen-bond donors (Lipinski definition) is 1. The fourth-order valence-electron chi connectivity index (χ4n) is 2.98. The monoisotopic (exact) mass is 293 g/mol. The van der Waals surface area contributed by atoms with Gasteiger partial charge in [0.15, 0.2) is 0 Å². The number of aromatic nitrogens is 2. The number of fused-ring (bicyclic) bond motifs is 1. The Hall–Kier alpha value is -2.13. The normalized spacial score (nSPS) is 13.0. The molecule has 3 nitrogen and oxygen atoms in total. The topological polar surface area (TPSA) is 43.8 Å². The summed E-state index contributed by atoms with van der Waals surface area (Å²) in [4.78, 5) is 4.76. The summed E-state index contributed by atoms with van der Waals surface area (Å²) in [6.45, 7) is 7.05. The van der Waals surface area contributed by atoms with Crippen molar-refractivity contribution < 1.29 is 0 Å². The Bertz CT molecular complexity index is 772. The minimum Gasteiger partial charge on any atom is -0.324 e. The first kappa shape index (κ1) is 14.8. The highest BCUT2D eigenvalue weighted by atomic mass is 15.1. The molecule has 0 saturated carbocycles. The summed E-state index contributed by atoms with van der Waals surface area (Å²) in [6, 6.07) is 17.3. The van der Waals surface area contributed by atoms with Crippen LogP contribution in [-0.2, 0) is 6.54 Å². The van der Waals surface area contributed by atoms with Crippen LogP contribution < -0.4 is 5.73 Å². The molecule has 0 aliphatic rings. The molecular formula is C19H23N3. The van der Waals surface area contributed by atoms with E-state index in [0.717, 1.165) is 16.9 Å². The number of benzene rings is 2. The van der Waals surface area contributed by atoms with Crippen LogP contribution in [-0.4, -0.2) is 9.55 Å². The molecule has 3 aromatic rings. The van der Waals surface area contributed by atoms with Crippen LogP contribution in [0, 0.1) is 0 Å². The predicted molar refractivity (Wildman–Crippen MR) is 92.0 cm³/mol. The van der Waals surface area contributed by atoms with Gasteiger partial charge in [0.25, 0.3) is 0 Å². The third kappa shape index (κ3) is 2.53. The molecule has 0 aliphatic carbocycles. The number of nitrogens with two attached hydrogens (primary N) is 1. The molecule has 0 fully saturated rings. The lowest BCUT2D eigenvalue weighted by Gasteiger charge is -2.18. The van der Waals surface area contributed by atoms with Crippen LogP contribution in [0.15, 0.2) is 48.5 Å². The van der Waals surface area contributed by atoms with E-state index in [1.807, 2.05) is 6.07 Å². The lowest BCUT2D eigenvalue weighted by atomic mass is 10.0. The highest BCUT2D eigenvalue weighted by Crippen LogP contribution is 2.28. The Morgan fingerprint density at radius 3 is 2.36 bits per heavy atom. The van der Waals surface area contributed by atoms with Gasteiger partial charge in [-0.2, -0.15) is 0 Å². The van der Waals surface area contributed by atoms with Gasteiger partial charge in [-0.25, -0.2) is 4.98 Å². The second-order valence-corrected chi connectivity index (χ2v) is 6.09. The maximum absolute atomic E-state index is 5.94. The van der Waals surface area contributed by atoms with E-state index >= 15 is 0 Å². The lowest BCUT2D eigenvalue weighted by molar-refractivity contribution is 0.619. The SMILES string of the molecule is CC(C)c1ccc2c(c1)nc(CN)n2C(C)c1ccccc1. The fraction of sp³-hybridized carbons (Fsp3) is 0.316. The van der Waals surface area contributed by atoms with Gasteiger partial charge < -0.3 is 10.3 Å². The first-order valence-corrected chi connectivity index (χ1v) is 7.87. The van der Waals surface area contributed by atoms with Crippen molar-refractivity contribution in [2.75, 3.05) is 0 Å². The molecule has 1 atom stereocenters. The smallest absolute Gasteiger partial charge is 0.124 e. The molecule has 0 bridgehead atoms. The highest BCUT2D eigenvalue weighted by Gasteiger charge is 2.17. The summed E-state index contributed by atoms with van der Waals surface area (Å²) in [5.74, 6) is 1.44. The van der Waals surface area contributed by atoms with Crippen LogP contribution >= 0.6 is 0 Å². The second kappa shape index (κ2) is 5.93. The number of hydrogen-bond acceptors (Lipinski definition) is 2. The van der Waals surface area contributed by atoms with Gasteiger partial charge in [-0.1, -0.05) is 50.2 Å². The van der Waals surface area contributed by atoms with Gasteiger partial charge in [0.1, 0.15) is 5.82 Å². The molecule has 0 amide bonds. The van der Waals surface area contributed by atoms with Crippen molar-refractivity contribution >= 4 is 11.0 Å². The third-order valence-corrected chi connectivity index (χ3v) is 4.31. The fourth-order valence-corrected chi connectivity index (χ4v) is 2.98. The summed E-state index contributed by atoms with van der Waals surface area (Å²) in [5.41, 5.74) is 10.7. The van der Waals surface area contributed by atoms with E-state index in [0.29, 0.717) is 12.5 Å². The molecule has 1 heterocycles. The zero-order chi connectivity index (χ0) is 15.7. The van der Waals surface area contributed by atoms with Gasteiger partial charge in [-0.3, -0.25) is 0 Å². The minimum atomic E-state index is 0.217. The highest BCUT2D eigenvalue weighted by molar-refractivity contribution is 5.77. The van der Waals surface area contributed by atoms with Crippen molar-refractivity contribution in [3.8, 4) is 0 Å². The Labute approximate surface area is 131 Å². The van der Waals surface area contributed by atoms with Crippen molar-refractivity contribution in [1.82, 2.24) is 9.55 Å². The zero-order valence-corrected chi connectivity index (χ0v) is 13.5. The summed E-state index contributed by atoms with van der Waals surface area (Å²) in [7, 11) is 0. The van der Waals surface area contributed by atoms with Crippen LogP contribution in [0.3, 0.4) is 0 Å². The molecule has 0 saturated heterocycles. The van der Waals surface area contributed by atoms with E-state index in [-0.39, 0.29) is 6.04 Å². The van der Waals surface area contributed by atoms with Gasteiger partial charge in [0.05, 0.1) is 23.6 Å². The average molecular weight is 293 g/mol. The molecule has 3 rings (SSSR count). The molecule has 0 radical (unpaired) electrons. The predicted octanol–water partition coefficient (Wildman–Crippen LogP) is 4.23. The van der Waals surface area contributed by atoms with Crippen LogP contribution in [0.25, 0.3) is 11.0 Å². The van der Waals surface area contributed by atoms with E-state index in [2.05, 4.69) is 67.8 Å². The number of rotatable bonds is 4. The summed E-state index contributed by atoms with van der Waals surface area (Å²) in [5, 5.41) is 0. The van der Waals surface area contributed by atoms with Crippen LogP contribution in [0.1, 0.15) is 49.7 Å². The van der Waals surface area contributed by atoms with Crippen molar-refractivity contribution in [1.29, 1.82) is 0 Å². The first-order valence-electron chi connectivity index (χ1n) is 7.87.